The van der Waals surface area contributed by atoms with Crippen molar-refractivity contribution in [3.05, 3.63) is 66.7 Å². The normalized spacial score (nSPS) is 17.7. The third-order valence-corrected chi connectivity index (χ3v) is 7.87. The van der Waals surface area contributed by atoms with Gasteiger partial charge in [-0.05, 0) is 40.7 Å². The quantitative estimate of drug-likeness (QED) is 0.404. The van der Waals surface area contributed by atoms with E-state index in [1.54, 1.807) is 30.1 Å². The van der Waals surface area contributed by atoms with Gasteiger partial charge < -0.3 is 5.11 Å². The van der Waals surface area contributed by atoms with Gasteiger partial charge in [0.2, 0.25) is 0 Å². The maximum absolute atomic E-state index is 13.9. The number of carbonyl (C=O) groups excluding carboxylic acids is 1. The van der Waals surface area contributed by atoms with Gasteiger partial charge in [0.1, 0.15) is 17.0 Å². The number of thiophene rings is 1. The van der Waals surface area contributed by atoms with Crippen LogP contribution in [0.5, 0.6) is 0 Å². The van der Waals surface area contributed by atoms with Crippen LogP contribution in [0.4, 0.5) is 0 Å². The van der Waals surface area contributed by atoms with Gasteiger partial charge in [-0.2, -0.15) is 5.10 Å². The highest BCUT2D eigenvalue weighted by molar-refractivity contribution is 7.19. The Morgan fingerprint density at radius 1 is 1.24 bits per heavy atom. The SMILES string of the molecule is Cc1nn(-c2ncccn2)c(C)c1Cc1sc2c(c1C(=O)N1CC(C)(O)CO1)c(=O)n(C)c(=O)n2C(C)C. The predicted molar refractivity (Wildman–Crippen MR) is 141 cm³/mol. The van der Waals surface area contributed by atoms with Crippen molar-refractivity contribution in [1.29, 1.82) is 0 Å². The Balaban J connectivity index is 1.74. The van der Waals surface area contributed by atoms with Crippen molar-refractivity contribution in [2.24, 2.45) is 7.05 Å². The van der Waals surface area contributed by atoms with Crippen LogP contribution in [0.25, 0.3) is 16.2 Å². The largest absolute Gasteiger partial charge is 0.386 e. The van der Waals surface area contributed by atoms with Gasteiger partial charge in [0, 0.05) is 48.0 Å². The minimum Gasteiger partial charge on any atom is -0.386 e. The predicted octanol–water partition coefficient (Wildman–Crippen LogP) is 1.66. The fourth-order valence-electron chi connectivity index (χ4n) is 4.70. The first kappa shape index (κ1) is 25.9. The molecule has 4 aromatic heterocycles. The highest BCUT2D eigenvalue weighted by Crippen LogP contribution is 2.35. The number of aromatic nitrogens is 6. The molecule has 38 heavy (non-hydrogen) atoms. The fraction of sp³-hybridized carbons (Fsp3) is 0.440. The standard InChI is InChI=1S/C25H29N7O5S/c1-13(2)31-22-19(20(33)29(6)24(31)35)18(21(34)30-11-25(5,36)12-37-30)17(38-22)10-16-14(3)28-32(15(16)4)23-26-8-7-9-27-23/h7-9,13,36H,10-12H2,1-6H3. The highest BCUT2D eigenvalue weighted by Gasteiger charge is 2.39. The molecule has 0 bridgehead atoms. The molecule has 13 heteroatoms. The van der Waals surface area contributed by atoms with E-state index < -0.39 is 22.8 Å². The molecular formula is C25H29N7O5S. The maximum atomic E-state index is 13.9. The molecule has 1 aliphatic heterocycles. The molecule has 5 rings (SSSR count). The molecule has 0 spiro atoms. The second kappa shape index (κ2) is 9.26. The Kier molecular flexibility index (Phi) is 6.32. The molecule has 1 aliphatic rings. The van der Waals surface area contributed by atoms with Crippen LogP contribution >= 0.6 is 11.3 Å². The lowest BCUT2D eigenvalue weighted by molar-refractivity contribution is -0.0796. The van der Waals surface area contributed by atoms with E-state index in [-0.39, 0.29) is 36.6 Å². The van der Waals surface area contributed by atoms with E-state index in [9.17, 15) is 19.5 Å². The molecule has 12 nitrogen and oxygen atoms in total. The lowest BCUT2D eigenvalue weighted by Gasteiger charge is -2.17. The number of nitrogens with zero attached hydrogens (tertiary/aromatic N) is 7. The molecule has 1 amide bonds. The summed E-state index contributed by atoms with van der Waals surface area (Å²) in [5, 5.41) is 16.3. The van der Waals surface area contributed by atoms with Crippen LogP contribution in [-0.2, 0) is 18.3 Å². The van der Waals surface area contributed by atoms with E-state index in [0.717, 1.165) is 26.6 Å². The maximum Gasteiger partial charge on any atom is 0.332 e. The van der Waals surface area contributed by atoms with Gasteiger partial charge in [-0.1, -0.05) is 0 Å². The number of aryl methyl sites for hydroxylation is 1. The number of carbonyl (C=O) groups is 1. The molecule has 0 radical (unpaired) electrons. The van der Waals surface area contributed by atoms with Crippen molar-refractivity contribution < 1.29 is 14.7 Å². The number of hydrogen-bond acceptors (Lipinski definition) is 9. The van der Waals surface area contributed by atoms with Crippen LogP contribution in [0, 0.1) is 13.8 Å². The second-order valence-corrected chi connectivity index (χ2v) is 11.2. The molecule has 1 unspecified atom stereocenters. The monoisotopic (exact) mass is 539 g/mol. The number of rotatable bonds is 5. The fourth-order valence-corrected chi connectivity index (χ4v) is 6.12. The summed E-state index contributed by atoms with van der Waals surface area (Å²) in [5.74, 6) is -0.119. The van der Waals surface area contributed by atoms with E-state index >= 15 is 0 Å². The Bertz CT molecular complexity index is 1680. The van der Waals surface area contributed by atoms with Gasteiger partial charge in [0.25, 0.3) is 17.4 Å². The molecule has 0 saturated carbocycles. The average Bonchev–Trinajstić information content (AvgIpc) is 3.51. The molecule has 200 valence electrons. The molecule has 4 aromatic rings. The summed E-state index contributed by atoms with van der Waals surface area (Å²) in [7, 11) is 1.41. The van der Waals surface area contributed by atoms with Gasteiger partial charge in [0.05, 0.1) is 23.2 Å². The summed E-state index contributed by atoms with van der Waals surface area (Å²) in [6.45, 7) is 8.94. The zero-order valence-corrected chi connectivity index (χ0v) is 22.9. The number of amides is 1. The first-order valence-corrected chi connectivity index (χ1v) is 13.0. The molecule has 1 N–H and O–H groups in total. The van der Waals surface area contributed by atoms with E-state index in [1.165, 1.54) is 23.0 Å². The number of β-amino-alcohol motifs (C(OH)–C–C–N with tert-alkyl or cyclic N) is 1. The second-order valence-electron chi connectivity index (χ2n) is 10.1. The number of hydrogen-bond donors (Lipinski definition) is 1. The Morgan fingerprint density at radius 3 is 2.53 bits per heavy atom. The van der Waals surface area contributed by atoms with Crippen molar-refractivity contribution in [2.45, 2.75) is 52.7 Å². The summed E-state index contributed by atoms with van der Waals surface area (Å²) in [5.41, 5.74) is 0.310. The van der Waals surface area contributed by atoms with Crippen LogP contribution in [0.1, 0.15) is 59.0 Å². The van der Waals surface area contributed by atoms with Crippen LogP contribution < -0.4 is 11.2 Å². The van der Waals surface area contributed by atoms with Crippen LogP contribution in [-0.4, -0.2) is 63.7 Å². The summed E-state index contributed by atoms with van der Waals surface area (Å²) in [6, 6.07) is 1.47. The van der Waals surface area contributed by atoms with Crippen molar-refractivity contribution in [2.75, 3.05) is 13.2 Å². The lowest BCUT2D eigenvalue weighted by atomic mass is 10.0. The Morgan fingerprint density at radius 2 is 1.92 bits per heavy atom. The van der Waals surface area contributed by atoms with Gasteiger partial charge >= 0.3 is 5.69 Å². The number of hydroxylamine groups is 2. The molecular weight excluding hydrogens is 510 g/mol. The van der Waals surface area contributed by atoms with E-state index in [4.69, 9.17) is 4.84 Å². The minimum atomic E-state index is -1.21. The van der Waals surface area contributed by atoms with Gasteiger partial charge in [0.15, 0.2) is 0 Å². The van der Waals surface area contributed by atoms with E-state index in [1.807, 2.05) is 27.7 Å². The summed E-state index contributed by atoms with van der Waals surface area (Å²) in [4.78, 5) is 55.5. The molecule has 1 fully saturated rings. The Hall–Kier alpha value is -3.68. The first-order chi connectivity index (χ1) is 17.9. The smallest absolute Gasteiger partial charge is 0.332 e. The summed E-state index contributed by atoms with van der Waals surface area (Å²) in [6.07, 6.45) is 3.55. The summed E-state index contributed by atoms with van der Waals surface area (Å²) >= 11 is 1.24. The third kappa shape index (κ3) is 4.16. The average molecular weight is 540 g/mol. The minimum absolute atomic E-state index is 0.0475. The summed E-state index contributed by atoms with van der Waals surface area (Å²) < 4.78 is 4.20. The number of fused-ring (bicyclic) bond motifs is 1. The van der Waals surface area contributed by atoms with Crippen molar-refractivity contribution in [1.82, 2.24) is 33.9 Å². The van der Waals surface area contributed by atoms with Crippen LogP contribution in [0.2, 0.25) is 0 Å². The molecule has 0 aliphatic carbocycles. The molecule has 0 aromatic carbocycles. The highest BCUT2D eigenvalue weighted by atomic mass is 32.1. The molecule has 1 atom stereocenters. The zero-order chi connectivity index (χ0) is 27.5. The van der Waals surface area contributed by atoms with E-state index in [0.29, 0.717) is 15.7 Å². The zero-order valence-electron chi connectivity index (χ0n) is 22.0. The molecule has 5 heterocycles. The Labute approximate surface area is 221 Å². The first-order valence-electron chi connectivity index (χ1n) is 12.2. The van der Waals surface area contributed by atoms with Crippen molar-refractivity contribution in [3.63, 3.8) is 0 Å². The van der Waals surface area contributed by atoms with E-state index in [2.05, 4.69) is 15.1 Å². The number of aliphatic hydroxyl groups is 1. The van der Waals surface area contributed by atoms with Crippen molar-refractivity contribution in [3.8, 4) is 5.95 Å². The molecule has 1 saturated heterocycles. The van der Waals surface area contributed by atoms with Gasteiger partial charge in [-0.3, -0.25) is 23.6 Å². The van der Waals surface area contributed by atoms with Crippen molar-refractivity contribution >= 4 is 27.5 Å². The topological polar surface area (TPSA) is 137 Å². The van der Waals surface area contributed by atoms with Crippen LogP contribution in [0.3, 0.4) is 0 Å². The third-order valence-electron chi connectivity index (χ3n) is 6.69. The van der Waals surface area contributed by atoms with Gasteiger partial charge in [-0.15, -0.1) is 11.3 Å². The van der Waals surface area contributed by atoms with Crippen LogP contribution in [0.15, 0.2) is 28.0 Å². The van der Waals surface area contributed by atoms with Gasteiger partial charge in [-0.25, -0.2) is 24.5 Å². The lowest BCUT2D eigenvalue weighted by Crippen LogP contribution is -2.39.